The predicted molar refractivity (Wildman–Crippen MR) is 144 cm³/mol. The summed E-state index contributed by atoms with van der Waals surface area (Å²) in [5.41, 5.74) is 1.31. The van der Waals surface area contributed by atoms with Crippen molar-refractivity contribution in [3.05, 3.63) is 92.9 Å². The monoisotopic (exact) mass is 512 g/mol. The summed E-state index contributed by atoms with van der Waals surface area (Å²) in [4.78, 5) is 40.2. The maximum Gasteiger partial charge on any atom is 0.337 e. The maximum absolute atomic E-state index is 13.1. The van der Waals surface area contributed by atoms with Crippen LogP contribution < -0.4 is 16.0 Å². The Labute approximate surface area is 218 Å². The lowest BCUT2D eigenvalue weighted by Crippen LogP contribution is -2.42. The number of oxime groups is 1. The molecule has 38 heavy (non-hydrogen) atoms. The fraction of sp³-hybridized carbons (Fsp3) is 0.310. The molecule has 2 fully saturated rings. The van der Waals surface area contributed by atoms with Gasteiger partial charge < -0.3 is 18.9 Å². The fourth-order valence-electron chi connectivity index (χ4n) is 5.78. The Morgan fingerprint density at radius 1 is 1.13 bits per heavy atom. The van der Waals surface area contributed by atoms with Crippen molar-refractivity contribution in [2.75, 3.05) is 6.61 Å². The van der Waals surface area contributed by atoms with Gasteiger partial charge in [-0.2, -0.15) is 4.98 Å². The number of ether oxygens (including phenoxy) is 1. The number of fused-ring (bicyclic) bond motifs is 4. The molecule has 0 saturated carbocycles. The average Bonchev–Trinajstić information content (AvgIpc) is 3.17. The standard InChI is InChI=1S/C29H28N4O5/c1-3-36-17(2)33-22-11-12-23(33)16-21(15-22)32-38-29-30-27(35)26-20(14-25(34)37-28(26)31-29)13-19-9-6-8-18-7-4-5-10-24(18)19/h4-10,14,22-23H,2-3,11-13,15-16H2,1H3,(H,30,31,35). The summed E-state index contributed by atoms with van der Waals surface area (Å²) in [6.07, 6.45) is 3.87. The van der Waals surface area contributed by atoms with E-state index in [9.17, 15) is 9.59 Å². The maximum atomic E-state index is 13.1. The van der Waals surface area contributed by atoms with Crippen molar-refractivity contribution in [2.24, 2.45) is 5.16 Å². The summed E-state index contributed by atoms with van der Waals surface area (Å²) >= 11 is 0. The molecule has 0 amide bonds. The zero-order chi connectivity index (χ0) is 26.2. The summed E-state index contributed by atoms with van der Waals surface area (Å²) in [5.74, 6) is 0.704. The highest BCUT2D eigenvalue weighted by Crippen LogP contribution is 2.37. The molecular formula is C29H28N4O5. The van der Waals surface area contributed by atoms with Gasteiger partial charge in [0.1, 0.15) is 5.39 Å². The zero-order valence-corrected chi connectivity index (χ0v) is 21.1. The molecule has 0 spiro atoms. The van der Waals surface area contributed by atoms with Gasteiger partial charge in [0.25, 0.3) is 5.56 Å². The van der Waals surface area contributed by atoms with E-state index in [1.807, 2.05) is 49.4 Å². The largest absolute Gasteiger partial charge is 0.480 e. The van der Waals surface area contributed by atoms with Gasteiger partial charge in [0.2, 0.25) is 5.71 Å². The first-order valence-corrected chi connectivity index (χ1v) is 12.9. The van der Waals surface area contributed by atoms with Gasteiger partial charge in [-0.25, -0.2) is 4.79 Å². The number of hydrogen-bond acceptors (Lipinski definition) is 8. The van der Waals surface area contributed by atoms with Crippen LogP contribution in [0.3, 0.4) is 0 Å². The molecule has 2 saturated heterocycles. The molecular weight excluding hydrogens is 484 g/mol. The Morgan fingerprint density at radius 3 is 2.68 bits per heavy atom. The summed E-state index contributed by atoms with van der Waals surface area (Å²) in [6, 6.07) is 15.7. The Morgan fingerprint density at radius 2 is 1.89 bits per heavy atom. The zero-order valence-electron chi connectivity index (χ0n) is 21.1. The van der Waals surface area contributed by atoms with Crippen LogP contribution in [0.5, 0.6) is 6.01 Å². The minimum absolute atomic E-state index is 0.0745. The van der Waals surface area contributed by atoms with Crippen LogP contribution in [0, 0.1) is 0 Å². The lowest BCUT2D eigenvalue weighted by molar-refractivity contribution is 0.0854. The highest BCUT2D eigenvalue weighted by molar-refractivity contribution is 5.87. The quantitative estimate of drug-likeness (QED) is 0.287. The van der Waals surface area contributed by atoms with E-state index in [4.69, 9.17) is 14.0 Å². The van der Waals surface area contributed by atoms with Gasteiger partial charge in [0, 0.05) is 31.0 Å². The van der Waals surface area contributed by atoms with Gasteiger partial charge >= 0.3 is 11.6 Å². The number of benzene rings is 2. The van der Waals surface area contributed by atoms with Gasteiger partial charge in [-0.1, -0.05) is 47.6 Å². The van der Waals surface area contributed by atoms with E-state index in [1.54, 1.807) is 0 Å². The van der Waals surface area contributed by atoms with E-state index in [0.29, 0.717) is 37.3 Å². The lowest BCUT2D eigenvalue weighted by Gasteiger charge is -2.37. The number of rotatable bonds is 7. The molecule has 0 aliphatic carbocycles. The number of nitrogens with zero attached hydrogens (tertiary/aromatic N) is 3. The van der Waals surface area contributed by atoms with E-state index in [-0.39, 0.29) is 29.2 Å². The lowest BCUT2D eigenvalue weighted by atomic mass is 9.98. The minimum atomic E-state index is -0.582. The van der Waals surface area contributed by atoms with Crippen LogP contribution in [-0.4, -0.2) is 39.3 Å². The fourth-order valence-corrected chi connectivity index (χ4v) is 5.78. The van der Waals surface area contributed by atoms with Crippen molar-refractivity contribution in [1.29, 1.82) is 0 Å². The third-order valence-corrected chi connectivity index (χ3v) is 7.36. The van der Waals surface area contributed by atoms with Crippen molar-refractivity contribution in [3.63, 3.8) is 0 Å². The number of hydrogen-bond donors (Lipinski definition) is 1. The van der Waals surface area contributed by atoms with E-state index in [2.05, 4.69) is 26.6 Å². The van der Waals surface area contributed by atoms with Crippen LogP contribution in [0.4, 0.5) is 0 Å². The summed E-state index contributed by atoms with van der Waals surface area (Å²) < 4.78 is 10.9. The molecule has 6 rings (SSSR count). The molecule has 9 heteroatoms. The van der Waals surface area contributed by atoms with Crippen molar-refractivity contribution >= 4 is 27.6 Å². The summed E-state index contributed by atoms with van der Waals surface area (Å²) in [6.45, 7) is 6.60. The third-order valence-electron chi connectivity index (χ3n) is 7.36. The number of piperidine rings is 1. The smallest absolute Gasteiger partial charge is 0.337 e. The Balaban J connectivity index is 1.27. The first kappa shape index (κ1) is 24.0. The van der Waals surface area contributed by atoms with E-state index in [1.165, 1.54) is 6.07 Å². The van der Waals surface area contributed by atoms with E-state index >= 15 is 0 Å². The molecule has 2 unspecified atom stereocenters. The Kier molecular flexibility index (Phi) is 6.19. The molecule has 2 aliphatic heterocycles. The van der Waals surface area contributed by atoms with Crippen molar-refractivity contribution < 1.29 is 14.0 Å². The normalized spacial score (nSPS) is 18.7. The average molecular weight is 513 g/mol. The summed E-state index contributed by atoms with van der Waals surface area (Å²) in [5, 5.41) is 6.66. The van der Waals surface area contributed by atoms with Gasteiger partial charge in [-0.15, -0.1) is 0 Å². The SMILES string of the molecule is C=C(OCC)N1C2CCC1CC(=NOc1nc3oc(=O)cc(Cc4cccc5ccccc45)c3c(=O)[nH]1)C2. The van der Waals surface area contributed by atoms with Crippen molar-refractivity contribution in [2.45, 2.75) is 51.1 Å². The van der Waals surface area contributed by atoms with Crippen LogP contribution in [0.25, 0.3) is 21.9 Å². The molecule has 2 atom stereocenters. The number of H-pyrrole nitrogens is 1. The highest BCUT2D eigenvalue weighted by atomic mass is 16.6. The van der Waals surface area contributed by atoms with Crippen LogP contribution in [0.2, 0.25) is 0 Å². The molecule has 4 aromatic rings. The van der Waals surface area contributed by atoms with Gasteiger partial charge in [-0.05, 0) is 54.7 Å². The highest BCUT2D eigenvalue weighted by Gasteiger charge is 2.40. The molecule has 2 aromatic carbocycles. The number of nitrogens with one attached hydrogen (secondary N) is 1. The van der Waals surface area contributed by atoms with E-state index < -0.39 is 11.2 Å². The van der Waals surface area contributed by atoms with Crippen molar-refractivity contribution in [3.8, 4) is 6.01 Å². The van der Waals surface area contributed by atoms with Crippen LogP contribution in [-0.2, 0) is 11.2 Å². The Hall–Kier alpha value is -4.40. The molecule has 194 valence electrons. The molecule has 9 nitrogen and oxygen atoms in total. The van der Waals surface area contributed by atoms with Crippen molar-refractivity contribution in [1.82, 2.24) is 14.9 Å². The predicted octanol–water partition coefficient (Wildman–Crippen LogP) is 4.49. The molecule has 2 bridgehead atoms. The second kappa shape index (κ2) is 9.81. The topological polar surface area (TPSA) is 110 Å². The van der Waals surface area contributed by atoms with Crippen LogP contribution in [0.1, 0.15) is 43.7 Å². The number of aromatic amines is 1. The van der Waals surface area contributed by atoms with E-state index in [0.717, 1.165) is 34.9 Å². The first-order valence-electron chi connectivity index (χ1n) is 12.9. The first-order chi connectivity index (χ1) is 18.5. The van der Waals surface area contributed by atoms with Gasteiger partial charge in [0.15, 0.2) is 5.88 Å². The molecule has 0 radical (unpaired) electrons. The molecule has 2 aliphatic rings. The van der Waals surface area contributed by atoms with Crippen LogP contribution in [0.15, 0.2) is 80.2 Å². The second-order valence-corrected chi connectivity index (χ2v) is 9.73. The minimum Gasteiger partial charge on any atom is -0.480 e. The van der Waals surface area contributed by atoms with Crippen LogP contribution >= 0.6 is 0 Å². The van der Waals surface area contributed by atoms with Gasteiger partial charge in [0.05, 0.1) is 12.3 Å². The molecule has 2 aromatic heterocycles. The summed E-state index contributed by atoms with van der Waals surface area (Å²) in [7, 11) is 0. The molecule has 4 heterocycles. The second-order valence-electron chi connectivity index (χ2n) is 9.73. The van der Waals surface area contributed by atoms with Gasteiger partial charge in [-0.3, -0.25) is 9.78 Å². The Bertz CT molecular complexity index is 1670. The number of aromatic nitrogens is 2. The third kappa shape index (κ3) is 4.44. The molecule has 1 N–H and O–H groups in total.